The summed E-state index contributed by atoms with van der Waals surface area (Å²) >= 11 is 1.63. The third-order valence-corrected chi connectivity index (χ3v) is 5.34. The van der Waals surface area contributed by atoms with Crippen molar-refractivity contribution in [1.82, 2.24) is 4.90 Å². The number of halogens is 1. The van der Waals surface area contributed by atoms with Crippen molar-refractivity contribution in [2.45, 2.75) is 19.9 Å². The smallest absolute Gasteiger partial charge is 0.310 e. The number of rotatable bonds is 4. The topological polar surface area (TPSA) is 40.5 Å². The van der Waals surface area contributed by atoms with E-state index in [1.54, 1.807) is 17.4 Å². The fraction of sp³-hybridized carbons (Fsp3) is 0.353. The Balaban J connectivity index is 1.69. The summed E-state index contributed by atoms with van der Waals surface area (Å²) < 4.78 is 13.3. The van der Waals surface area contributed by atoms with Gasteiger partial charge in [0.15, 0.2) is 0 Å². The molecule has 116 valence electrons. The van der Waals surface area contributed by atoms with Crippen molar-refractivity contribution in [3.63, 3.8) is 0 Å². The molecule has 0 bridgehead atoms. The molecule has 1 aromatic carbocycles. The van der Waals surface area contributed by atoms with E-state index in [4.69, 9.17) is 0 Å². The number of hydrogen-bond donors (Lipinski definition) is 1. The maximum Gasteiger partial charge on any atom is 0.310 e. The monoisotopic (exact) mass is 319 g/mol. The van der Waals surface area contributed by atoms with Gasteiger partial charge in [-0.3, -0.25) is 9.69 Å². The van der Waals surface area contributed by atoms with Gasteiger partial charge in [0.05, 0.1) is 5.41 Å². The maximum atomic E-state index is 13.3. The molecule has 5 heteroatoms. The first-order chi connectivity index (χ1) is 10.5. The number of carboxylic acids is 1. The Kier molecular flexibility index (Phi) is 4.02. The van der Waals surface area contributed by atoms with Crippen LogP contribution in [0.25, 0.3) is 10.4 Å². The Morgan fingerprint density at radius 3 is 2.91 bits per heavy atom. The van der Waals surface area contributed by atoms with Gasteiger partial charge in [-0.1, -0.05) is 12.1 Å². The predicted octanol–water partition coefficient (Wildman–Crippen LogP) is 3.85. The average molecular weight is 319 g/mol. The van der Waals surface area contributed by atoms with E-state index in [2.05, 4.69) is 4.90 Å². The quantitative estimate of drug-likeness (QED) is 0.930. The summed E-state index contributed by atoms with van der Waals surface area (Å²) in [5, 5.41) is 9.28. The van der Waals surface area contributed by atoms with Gasteiger partial charge < -0.3 is 5.11 Å². The molecule has 1 atom stereocenters. The third-order valence-electron chi connectivity index (χ3n) is 4.22. The molecule has 2 heterocycles. The summed E-state index contributed by atoms with van der Waals surface area (Å²) in [7, 11) is 0. The Labute approximate surface area is 133 Å². The summed E-state index contributed by atoms with van der Waals surface area (Å²) in [5.41, 5.74) is 0.246. The van der Waals surface area contributed by atoms with E-state index < -0.39 is 11.4 Å². The van der Waals surface area contributed by atoms with Crippen LogP contribution >= 0.6 is 11.3 Å². The number of benzene rings is 1. The summed E-state index contributed by atoms with van der Waals surface area (Å²) in [6.07, 6.45) is 0.685. The van der Waals surface area contributed by atoms with Crippen LogP contribution in [-0.2, 0) is 11.3 Å². The molecule has 0 aliphatic carbocycles. The van der Waals surface area contributed by atoms with E-state index in [0.717, 1.165) is 23.5 Å². The van der Waals surface area contributed by atoms with Crippen molar-refractivity contribution in [2.75, 3.05) is 13.1 Å². The van der Waals surface area contributed by atoms with Gasteiger partial charge in [-0.25, -0.2) is 4.39 Å². The van der Waals surface area contributed by atoms with Crippen LogP contribution in [0.15, 0.2) is 36.4 Å². The molecule has 3 rings (SSSR count). The number of aliphatic carboxylic acids is 1. The van der Waals surface area contributed by atoms with Gasteiger partial charge in [-0.15, -0.1) is 11.3 Å². The number of carbonyl (C=O) groups is 1. The van der Waals surface area contributed by atoms with Gasteiger partial charge in [0.1, 0.15) is 5.82 Å². The van der Waals surface area contributed by atoms with Gasteiger partial charge in [0, 0.05) is 22.8 Å². The second-order valence-electron chi connectivity index (χ2n) is 6.10. The summed E-state index contributed by atoms with van der Waals surface area (Å²) in [6.45, 7) is 3.94. The number of nitrogens with zero attached hydrogens (tertiary/aromatic N) is 1. The molecule has 22 heavy (non-hydrogen) atoms. The first-order valence-corrected chi connectivity index (χ1v) is 8.08. The molecular formula is C17H18FNO2S. The Morgan fingerprint density at radius 1 is 1.41 bits per heavy atom. The molecule has 1 N–H and O–H groups in total. The van der Waals surface area contributed by atoms with Gasteiger partial charge in [-0.2, -0.15) is 0 Å². The second-order valence-corrected chi connectivity index (χ2v) is 7.27. The number of thiophene rings is 1. The highest BCUT2D eigenvalue weighted by atomic mass is 32.1. The average Bonchev–Trinajstić information content (AvgIpc) is 3.07. The van der Waals surface area contributed by atoms with Crippen LogP contribution in [0.4, 0.5) is 4.39 Å². The molecule has 1 fully saturated rings. The molecule has 3 nitrogen and oxygen atoms in total. The van der Waals surface area contributed by atoms with E-state index in [1.807, 2.05) is 25.1 Å². The molecule has 1 unspecified atom stereocenters. The molecule has 2 aromatic rings. The van der Waals surface area contributed by atoms with Crippen LogP contribution in [0, 0.1) is 11.2 Å². The first-order valence-electron chi connectivity index (χ1n) is 7.27. The number of likely N-dealkylation sites (tertiary alicyclic amines) is 1. The summed E-state index contributed by atoms with van der Waals surface area (Å²) in [6, 6.07) is 10.6. The van der Waals surface area contributed by atoms with Crippen LogP contribution < -0.4 is 0 Å². The zero-order valence-corrected chi connectivity index (χ0v) is 13.2. The second kappa shape index (κ2) is 5.82. The van der Waals surface area contributed by atoms with Crippen LogP contribution in [0.5, 0.6) is 0 Å². The van der Waals surface area contributed by atoms with Crippen molar-refractivity contribution in [2.24, 2.45) is 5.41 Å². The minimum atomic E-state index is -0.721. The fourth-order valence-electron chi connectivity index (χ4n) is 2.85. The highest BCUT2D eigenvalue weighted by molar-refractivity contribution is 7.15. The lowest BCUT2D eigenvalue weighted by molar-refractivity contribution is -0.147. The lowest BCUT2D eigenvalue weighted by atomic mass is 9.90. The molecule has 0 radical (unpaired) electrons. The number of carboxylic acid groups (broad SMARTS) is 1. The predicted molar refractivity (Wildman–Crippen MR) is 85.3 cm³/mol. The lowest BCUT2D eigenvalue weighted by Crippen LogP contribution is -2.31. The number of hydrogen-bond acceptors (Lipinski definition) is 3. The van der Waals surface area contributed by atoms with Crippen LogP contribution in [0.2, 0.25) is 0 Å². The van der Waals surface area contributed by atoms with Crippen LogP contribution in [0.1, 0.15) is 18.2 Å². The van der Waals surface area contributed by atoms with Gasteiger partial charge >= 0.3 is 5.97 Å². The molecule has 0 spiro atoms. The molecule has 1 aliphatic rings. The molecule has 1 saturated heterocycles. The van der Waals surface area contributed by atoms with E-state index in [1.165, 1.54) is 17.0 Å². The standard InChI is InChI=1S/C17H18FNO2S/c1-17(16(20)21)7-8-19(11-17)10-14-5-6-15(22-14)12-3-2-4-13(18)9-12/h2-6,9H,7-8,10-11H2,1H3,(H,20,21). The third kappa shape index (κ3) is 3.05. The van der Waals surface area contributed by atoms with Crippen molar-refractivity contribution < 1.29 is 14.3 Å². The van der Waals surface area contributed by atoms with Crippen LogP contribution in [0.3, 0.4) is 0 Å². The molecule has 0 amide bonds. The van der Waals surface area contributed by atoms with E-state index >= 15 is 0 Å². The van der Waals surface area contributed by atoms with Crippen molar-refractivity contribution in [3.8, 4) is 10.4 Å². The van der Waals surface area contributed by atoms with Crippen molar-refractivity contribution in [3.05, 3.63) is 47.1 Å². The van der Waals surface area contributed by atoms with Crippen molar-refractivity contribution >= 4 is 17.3 Å². The van der Waals surface area contributed by atoms with Gasteiger partial charge in [0.25, 0.3) is 0 Å². The lowest BCUT2D eigenvalue weighted by Gasteiger charge is -2.19. The Bertz CT molecular complexity index is 699. The SMILES string of the molecule is CC1(C(=O)O)CCN(Cc2ccc(-c3cccc(F)c3)s2)C1. The zero-order chi connectivity index (χ0) is 15.7. The zero-order valence-electron chi connectivity index (χ0n) is 12.4. The van der Waals surface area contributed by atoms with Crippen LogP contribution in [-0.4, -0.2) is 29.1 Å². The fourth-order valence-corrected chi connectivity index (χ4v) is 3.89. The van der Waals surface area contributed by atoms with E-state index in [0.29, 0.717) is 13.0 Å². The minimum Gasteiger partial charge on any atom is -0.481 e. The Hall–Kier alpha value is -1.72. The van der Waals surface area contributed by atoms with E-state index in [9.17, 15) is 14.3 Å². The molecule has 1 aliphatic heterocycles. The first kappa shape index (κ1) is 15.2. The summed E-state index contributed by atoms with van der Waals surface area (Å²) in [4.78, 5) is 15.7. The summed E-state index contributed by atoms with van der Waals surface area (Å²) in [5.74, 6) is -0.953. The van der Waals surface area contributed by atoms with E-state index in [-0.39, 0.29) is 5.82 Å². The largest absolute Gasteiger partial charge is 0.481 e. The highest BCUT2D eigenvalue weighted by Crippen LogP contribution is 2.33. The maximum absolute atomic E-state index is 13.3. The Morgan fingerprint density at radius 2 is 2.23 bits per heavy atom. The normalized spacial score (nSPS) is 22.1. The molecule has 1 aromatic heterocycles. The molecule has 0 saturated carbocycles. The van der Waals surface area contributed by atoms with Crippen molar-refractivity contribution in [1.29, 1.82) is 0 Å². The molecular weight excluding hydrogens is 301 g/mol. The minimum absolute atomic E-state index is 0.232. The van der Waals surface area contributed by atoms with Gasteiger partial charge in [0.2, 0.25) is 0 Å². The highest BCUT2D eigenvalue weighted by Gasteiger charge is 2.40. The van der Waals surface area contributed by atoms with Gasteiger partial charge in [-0.05, 0) is 49.7 Å².